The van der Waals surface area contributed by atoms with Gasteiger partial charge in [0.2, 0.25) is 0 Å². The van der Waals surface area contributed by atoms with Crippen LogP contribution in [-0.4, -0.2) is 37.6 Å². The zero-order valence-corrected chi connectivity index (χ0v) is 10.5. The van der Waals surface area contributed by atoms with Gasteiger partial charge in [-0.1, -0.05) is 6.42 Å². The second kappa shape index (κ2) is 4.19. The molecule has 0 atom stereocenters. The average Bonchev–Trinajstić information content (AvgIpc) is 1.98. The van der Waals surface area contributed by atoms with Gasteiger partial charge in [0.15, 0.2) is 0 Å². The van der Waals surface area contributed by atoms with Crippen LogP contribution in [0.15, 0.2) is 0 Å². The third-order valence-electron chi connectivity index (χ3n) is 3.68. The van der Waals surface area contributed by atoms with E-state index in [4.69, 9.17) is 0 Å². The maximum atomic E-state index is 3.34. The molecule has 0 aromatic carbocycles. The Labute approximate surface area is 89.1 Å². The Kier molecular flexibility index (Phi) is 3.59. The summed E-state index contributed by atoms with van der Waals surface area (Å²) in [6, 6.07) is 0. The first-order valence-corrected chi connectivity index (χ1v) is 5.75. The van der Waals surface area contributed by atoms with Crippen molar-refractivity contribution in [2.75, 3.05) is 27.2 Å². The normalized spacial score (nSPS) is 21.0. The molecule has 0 heterocycles. The van der Waals surface area contributed by atoms with E-state index in [-0.39, 0.29) is 0 Å². The summed E-state index contributed by atoms with van der Waals surface area (Å²) in [4.78, 5) is 2.49. The van der Waals surface area contributed by atoms with Gasteiger partial charge in [-0.25, -0.2) is 0 Å². The van der Waals surface area contributed by atoms with Crippen molar-refractivity contribution in [2.24, 2.45) is 5.41 Å². The van der Waals surface area contributed by atoms with Crippen molar-refractivity contribution in [1.29, 1.82) is 0 Å². The quantitative estimate of drug-likeness (QED) is 0.744. The van der Waals surface area contributed by atoms with E-state index in [1.165, 1.54) is 32.4 Å². The summed E-state index contributed by atoms with van der Waals surface area (Å²) in [5.41, 5.74) is 0.868. The molecule has 0 aromatic heterocycles. The number of nitrogens with one attached hydrogen (secondary N) is 1. The van der Waals surface area contributed by atoms with Crippen molar-refractivity contribution in [3.63, 3.8) is 0 Å². The molecule has 0 aliphatic heterocycles. The molecule has 0 unspecified atom stereocenters. The molecule has 1 N–H and O–H groups in total. The van der Waals surface area contributed by atoms with Gasteiger partial charge in [0.25, 0.3) is 0 Å². The van der Waals surface area contributed by atoms with Crippen LogP contribution in [0.25, 0.3) is 0 Å². The van der Waals surface area contributed by atoms with Gasteiger partial charge in [-0.3, -0.25) is 0 Å². The molecule has 84 valence electrons. The van der Waals surface area contributed by atoms with Gasteiger partial charge >= 0.3 is 0 Å². The van der Waals surface area contributed by atoms with Crippen LogP contribution >= 0.6 is 0 Å². The molecule has 14 heavy (non-hydrogen) atoms. The van der Waals surface area contributed by atoms with E-state index < -0.39 is 0 Å². The number of rotatable bonds is 4. The van der Waals surface area contributed by atoms with Gasteiger partial charge in [0, 0.05) is 18.6 Å². The molecule has 0 spiro atoms. The lowest BCUT2D eigenvalue weighted by Crippen LogP contribution is -2.51. The maximum Gasteiger partial charge on any atom is 0.0122 e. The SMILES string of the molecule is CNCC1(CN(C)C(C)(C)C)CCC1. The molecular weight excluding hydrogens is 172 g/mol. The molecule has 2 nitrogen and oxygen atoms in total. The Hall–Kier alpha value is -0.0800. The second-order valence-electron chi connectivity index (χ2n) is 5.91. The predicted molar refractivity (Wildman–Crippen MR) is 62.6 cm³/mol. The molecule has 0 radical (unpaired) electrons. The van der Waals surface area contributed by atoms with E-state index in [0.29, 0.717) is 11.0 Å². The van der Waals surface area contributed by atoms with Crippen LogP contribution < -0.4 is 5.32 Å². The summed E-state index contributed by atoms with van der Waals surface area (Å²) in [6.45, 7) is 9.28. The van der Waals surface area contributed by atoms with Crippen LogP contribution in [-0.2, 0) is 0 Å². The summed E-state index contributed by atoms with van der Waals surface area (Å²) in [5.74, 6) is 0. The van der Waals surface area contributed by atoms with Crippen LogP contribution in [0.5, 0.6) is 0 Å². The van der Waals surface area contributed by atoms with E-state index >= 15 is 0 Å². The van der Waals surface area contributed by atoms with Crippen molar-refractivity contribution < 1.29 is 0 Å². The van der Waals surface area contributed by atoms with Crippen molar-refractivity contribution in [2.45, 2.75) is 45.6 Å². The van der Waals surface area contributed by atoms with E-state index in [1.54, 1.807) is 0 Å². The molecule has 0 amide bonds. The second-order valence-corrected chi connectivity index (χ2v) is 5.91. The van der Waals surface area contributed by atoms with Crippen molar-refractivity contribution in [1.82, 2.24) is 10.2 Å². The number of nitrogens with zero attached hydrogens (tertiary/aromatic N) is 1. The lowest BCUT2D eigenvalue weighted by atomic mass is 9.68. The highest BCUT2D eigenvalue weighted by Gasteiger charge is 2.38. The Bertz CT molecular complexity index is 177. The fourth-order valence-corrected chi connectivity index (χ4v) is 2.18. The van der Waals surface area contributed by atoms with Gasteiger partial charge in [0.1, 0.15) is 0 Å². The molecule has 0 aromatic rings. The largest absolute Gasteiger partial charge is 0.319 e. The van der Waals surface area contributed by atoms with Crippen molar-refractivity contribution in [3.05, 3.63) is 0 Å². The molecular formula is C12H26N2. The zero-order chi connectivity index (χ0) is 10.8. The van der Waals surface area contributed by atoms with Gasteiger partial charge in [-0.15, -0.1) is 0 Å². The smallest absolute Gasteiger partial charge is 0.0122 e. The lowest BCUT2D eigenvalue weighted by molar-refractivity contribution is 0.0396. The maximum absolute atomic E-state index is 3.34. The van der Waals surface area contributed by atoms with Gasteiger partial charge in [0.05, 0.1) is 0 Å². The predicted octanol–water partition coefficient (Wildman–Crippen LogP) is 2.11. The fraction of sp³-hybridized carbons (Fsp3) is 1.00. The molecule has 1 aliphatic carbocycles. The minimum atomic E-state index is 0.302. The van der Waals surface area contributed by atoms with Crippen molar-refractivity contribution >= 4 is 0 Å². The molecule has 1 fully saturated rings. The lowest BCUT2D eigenvalue weighted by Gasteiger charge is -2.47. The molecule has 1 rings (SSSR count). The highest BCUT2D eigenvalue weighted by molar-refractivity contribution is 4.93. The first-order chi connectivity index (χ1) is 6.40. The summed E-state index contributed by atoms with van der Waals surface area (Å²) in [6.07, 6.45) is 4.21. The van der Waals surface area contributed by atoms with Crippen LogP contribution in [0.1, 0.15) is 40.0 Å². The Morgan fingerprint density at radius 1 is 1.29 bits per heavy atom. The zero-order valence-electron chi connectivity index (χ0n) is 10.5. The minimum absolute atomic E-state index is 0.302. The number of hydrogen-bond acceptors (Lipinski definition) is 2. The van der Waals surface area contributed by atoms with Crippen LogP contribution in [0.3, 0.4) is 0 Å². The Morgan fingerprint density at radius 3 is 2.14 bits per heavy atom. The molecule has 0 saturated heterocycles. The van der Waals surface area contributed by atoms with E-state index in [0.717, 1.165) is 0 Å². The van der Waals surface area contributed by atoms with Gasteiger partial charge < -0.3 is 10.2 Å². The highest BCUT2D eigenvalue weighted by Crippen LogP contribution is 2.41. The summed E-state index contributed by atoms with van der Waals surface area (Å²) in [5, 5.41) is 3.34. The standard InChI is InChI=1S/C12H26N2/c1-11(2,3)14(5)10-12(9-13-4)7-6-8-12/h13H,6-10H2,1-5H3. The Morgan fingerprint density at radius 2 is 1.86 bits per heavy atom. The summed E-state index contributed by atoms with van der Waals surface area (Å²) < 4.78 is 0. The molecule has 1 saturated carbocycles. The number of hydrogen-bond donors (Lipinski definition) is 1. The molecule has 2 heteroatoms. The summed E-state index contributed by atoms with van der Waals surface area (Å²) in [7, 11) is 4.31. The third kappa shape index (κ3) is 2.71. The van der Waals surface area contributed by atoms with Crippen LogP contribution in [0.4, 0.5) is 0 Å². The van der Waals surface area contributed by atoms with Crippen LogP contribution in [0, 0.1) is 5.41 Å². The van der Waals surface area contributed by atoms with Crippen molar-refractivity contribution in [3.8, 4) is 0 Å². The van der Waals surface area contributed by atoms with Gasteiger partial charge in [-0.2, -0.15) is 0 Å². The summed E-state index contributed by atoms with van der Waals surface area (Å²) >= 11 is 0. The van der Waals surface area contributed by atoms with E-state index in [9.17, 15) is 0 Å². The highest BCUT2D eigenvalue weighted by atomic mass is 15.2. The topological polar surface area (TPSA) is 15.3 Å². The molecule has 0 bridgehead atoms. The average molecular weight is 198 g/mol. The molecule has 1 aliphatic rings. The first-order valence-electron chi connectivity index (χ1n) is 5.75. The first kappa shape index (κ1) is 12.0. The monoisotopic (exact) mass is 198 g/mol. The Balaban J connectivity index is 2.48. The van der Waals surface area contributed by atoms with Gasteiger partial charge in [-0.05, 0) is 53.1 Å². The fourth-order valence-electron chi connectivity index (χ4n) is 2.18. The van der Waals surface area contributed by atoms with E-state index in [1.807, 2.05) is 0 Å². The third-order valence-corrected chi connectivity index (χ3v) is 3.68. The van der Waals surface area contributed by atoms with E-state index in [2.05, 4.69) is 45.1 Å². The van der Waals surface area contributed by atoms with Crippen LogP contribution in [0.2, 0.25) is 0 Å². The minimum Gasteiger partial charge on any atom is -0.319 e.